The summed E-state index contributed by atoms with van der Waals surface area (Å²) in [7, 11) is 3.85. The van der Waals surface area contributed by atoms with E-state index >= 15 is 0 Å². The van der Waals surface area contributed by atoms with Crippen LogP contribution in [0.3, 0.4) is 0 Å². The highest BCUT2D eigenvalue weighted by Crippen LogP contribution is 2.39. The Balaban J connectivity index is 1.82. The predicted molar refractivity (Wildman–Crippen MR) is 106 cm³/mol. The summed E-state index contributed by atoms with van der Waals surface area (Å²) in [4.78, 5) is 22.8. The van der Waals surface area contributed by atoms with Crippen molar-refractivity contribution in [2.45, 2.75) is 44.0 Å². The molecule has 0 aliphatic carbocycles. The summed E-state index contributed by atoms with van der Waals surface area (Å²) < 4.78 is 5.22. The maximum absolute atomic E-state index is 11.9. The second-order valence-electron chi connectivity index (χ2n) is 5.93. The molecule has 0 bridgehead atoms. The number of esters is 1. The van der Waals surface area contributed by atoms with Crippen molar-refractivity contribution in [1.29, 1.82) is 0 Å². The number of carbonyl (C=O) groups excluding carboxylic acids is 1. The molecule has 8 heteroatoms. The van der Waals surface area contributed by atoms with Gasteiger partial charge >= 0.3 is 5.97 Å². The number of para-hydroxylation sites is 1. The Morgan fingerprint density at radius 1 is 1.42 bits per heavy atom. The highest BCUT2D eigenvalue weighted by atomic mass is 33.1. The fourth-order valence-corrected chi connectivity index (χ4v) is 5.73. The van der Waals surface area contributed by atoms with Gasteiger partial charge in [0.05, 0.1) is 22.7 Å². The number of benzene rings is 1. The second-order valence-corrected chi connectivity index (χ2v) is 8.72. The molecule has 6 nitrogen and oxygen atoms in total. The van der Waals surface area contributed by atoms with Crippen molar-refractivity contribution < 1.29 is 19.6 Å². The molecule has 1 fully saturated rings. The van der Waals surface area contributed by atoms with E-state index in [0.29, 0.717) is 22.8 Å². The predicted octanol–water partition coefficient (Wildman–Crippen LogP) is 4.36. The second kappa shape index (κ2) is 11.3. The molecule has 1 aromatic carbocycles. The Labute approximate surface area is 160 Å². The fraction of sp³-hybridized carbons (Fsp3) is 0.500. The Bertz CT molecular complexity index is 644. The molecule has 1 aromatic rings. The Kier molecular flexibility index (Phi) is 9.00. The molecule has 2 rings (SSSR count). The number of carbonyl (C=O) groups is 1. The summed E-state index contributed by atoms with van der Waals surface area (Å²) in [6.45, 7) is -0.320. The van der Waals surface area contributed by atoms with Crippen LogP contribution in [-0.4, -0.2) is 33.6 Å². The minimum Gasteiger partial charge on any atom is -0.461 e. The molecule has 1 aliphatic rings. The average Bonchev–Trinajstić information content (AvgIpc) is 3.15. The number of nitro benzene ring substituents is 1. The van der Waals surface area contributed by atoms with Crippen molar-refractivity contribution in [2.75, 3.05) is 12.4 Å². The number of ether oxygens (including phenoxy) is 1. The molecule has 1 N–H and O–H groups in total. The van der Waals surface area contributed by atoms with E-state index in [2.05, 4.69) is 0 Å². The van der Waals surface area contributed by atoms with Gasteiger partial charge in [-0.05, 0) is 37.5 Å². The summed E-state index contributed by atoms with van der Waals surface area (Å²) in [6, 6.07) is 4.84. The lowest BCUT2D eigenvalue weighted by atomic mass is 10.1. The first-order valence-electron chi connectivity index (χ1n) is 8.59. The minimum absolute atomic E-state index is 0.0965. The van der Waals surface area contributed by atoms with Crippen LogP contribution >= 0.6 is 21.6 Å². The maximum atomic E-state index is 11.9. The van der Waals surface area contributed by atoms with Crippen LogP contribution in [0, 0.1) is 10.1 Å². The molecule has 0 saturated carbocycles. The zero-order valence-electron chi connectivity index (χ0n) is 14.5. The summed E-state index contributed by atoms with van der Waals surface area (Å²) in [6.07, 6.45) is 7.39. The monoisotopic (exact) mass is 397 g/mol. The lowest BCUT2D eigenvalue weighted by Crippen LogP contribution is -2.07. The van der Waals surface area contributed by atoms with Crippen LogP contribution < -0.4 is 0 Å². The highest BCUT2D eigenvalue weighted by Gasteiger charge is 2.19. The molecule has 26 heavy (non-hydrogen) atoms. The van der Waals surface area contributed by atoms with E-state index in [-0.39, 0.29) is 24.9 Å². The van der Waals surface area contributed by atoms with Gasteiger partial charge in [0.25, 0.3) is 5.69 Å². The zero-order chi connectivity index (χ0) is 18.8. The van der Waals surface area contributed by atoms with Crippen LogP contribution in [-0.2, 0) is 16.1 Å². The van der Waals surface area contributed by atoms with E-state index in [4.69, 9.17) is 9.84 Å². The third-order valence-corrected chi connectivity index (χ3v) is 7.02. The number of rotatable bonds is 10. The number of nitro groups is 1. The molecule has 142 valence electrons. The molecule has 0 amide bonds. The van der Waals surface area contributed by atoms with E-state index in [1.165, 1.54) is 24.3 Å². The third kappa shape index (κ3) is 6.66. The standard InChI is InChI=1S/C18H23NO5S2/c20-11-4-7-14-5-3-6-15(18(14)19(22)23)13-24-17(21)9-2-1-8-16-10-12-25-26-16/h3-7,16,20H,1-2,8-13H2/b7-4+. The fourth-order valence-electron chi connectivity index (χ4n) is 2.70. The van der Waals surface area contributed by atoms with E-state index in [1.807, 2.05) is 21.6 Å². The van der Waals surface area contributed by atoms with Crippen LogP contribution in [0.15, 0.2) is 24.3 Å². The maximum Gasteiger partial charge on any atom is 0.306 e. The minimum atomic E-state index is -0.489. The molecule has 1 heterocycles. The van der Waals surface area contributed by atoms with Crippen LogP contribution in [0.25, 0.3) is 6.08 Å². The third-order valence-electron chi connectivity index (χ3n) is 4.01. The Morgan fingerprint density at radius 3 is 2.96 bits per heavy atom. The van der Waals surface area contributed by atoms with Gasteiger partial charge in [0.15, 0.2) is 0 Å². The van der Waals surface area contributed by atoms with Gasteiger partial charge in [0.2, 0.25) is 0 Å². The zero-order valence-corrected chi connectivity index (χ0v) is 16.1. The lowest BCUT2D eigenvalue weighted by Gasteiger charge is -2.08. The molecule has 1 aliphatic heterocycles. The van der Waals surface area contributed by atoms with Crippen LogP contribution in [0.5, 0.6) is 0 Å². The summed E-state index contributed by atoms with van der Waals surface area (Å²) >= 11 is 0. The number of nitrogens with zero attached hydrogens (tertiary/aromatic N) is 1. The Morgan fingerprint density at radius 2 is 2.27 bits per heavy atom. The van der Waals surface area contributed by atoms with Crippen LogP contribution in [0.1, 0.15) is 43.2 Å². The molecule has 0 aromatic heterocycles. The van der Waals surface area contributed by atoms with Crippen molar-refractivity contribution in [3.63, 3.8) is 0 Å². The van der Waals surface area contributed by atoms with Gasteiger partial charge in [-0.1, -0.05) is 40.2 Å². The van der Waals surface area contributed by atoms with Gasteiger partial charge in [0, 0.05) is 17.4 Å². The molecular formula is C18H23NO5S2. The summed E-state index contributed by atoms with van der Waals surface area (Å²) in [5.41, 5.74) is 0.633. The average molecular weight is 398 g/mol. The number of hydrogen-bond acceptors (Lipinski definition) is 7. The van der Waals surface area contributed by atoms with Crippen molar-refractivity contribution in [2.24, 2.45) is 0 Å². The summed E-state index contributed by atoms with van der Waals surface area (Å²) in [5.74, 6) is 0.881. The van der Waals surface area contributed by atoms with Gasteiger partial charge in [-0.2, -0.15) is 0 Å². The first kappa shape index (κ1) is 20.8. The topological polar surface area (TPSA) is 89.7 Å². The first-order chi connectivity index (χ1) is 12.6. The van der Waals surface area contributed by atoms with E-state index in [9.17, 15) is 14.9 Å². The van der Waals surface area contributed by atoms with Crippen molar-refractivity contribution in [3.05, 3.63) is 45.5 Å². The molecule has 1 saturated heterocycles. The molecule has 0 radical (unpaired) electrons. The first-order valence-corrected chi connectivity index (χ1v) is 11.0. The number of hydrogen-bond donors (Lipinski definition) is 1. The van der Waals surface area contributed by atoms with Crippen LogP contribution in [0.4, 0.5) is 5.69 Å². The smallest absolute Gasteiger partial charge is 0.306 e. The normalized spacial score (nSPS) is 16.9. The molecule has 0 spiro atoms. The van der Waals surface area contributed by atoms with Gasteiger partial charge in [-0.25, -0.2) is 0 Å². The molecular weight excluding hydrogens is 374 g/mol. The number of unbranched alkanes of at least 4 members (excludes halogenated alkanes) is 1. The summed E-state index contributed by atoms with van der Waals surface area (Å²) in [5, 5.41) is 20.9. The van der Waals surface area contributed by atoms with Gasteiger partial charge in [-0.15, -0.1) is 0 Å². The molecule has 1 atom stereocenters. The molecule has 1 unspecified atom stereocenters. The highest BCUT2D eigenvalue weighted by molar-refractivity contribution is 8.77. The van der Waals surface area contributed by atoms with Gasteiger partial charge in [0.1, 0.15) is 6.61 Å². The quantitative estimate of drug-likeness (QED) is 0.206. The lowest BCUT2D eigenvalue weighted by molar-refractivity contribution is -0.386. The van der Waals surface area contributed by atoms with Crippen molar-refractivity contribution in [1.82, 2.24) is 0 Å². The Hall–Kier alpha value is -1.51. The van der Waals surface area contributed by atoms with E-state index < -0.39 is 4.92 Å². The number of aliphatic hydroxyl groups is 1. The van der Waals surface area contributed by atoms with Crippen molar-refractivity contribution >= 4 is 39.3 Å². The van der Waals surface area contributed by atoms with Crippen LogP contribution in [0.2, 0.25) is 0 Å². The largest absolute Gasteiger partial charge is 0.461 e. The van der Waals surface area contributed by atoms with Gasteiger partial charge < -0.3 is 9.84 Å². The van der Waals surface area contributed by atoms with E-state index in [1.54, 1.807) is 18.2 Å². The van der Waals surface area contributed by atoms with E-state index in [0.717, 1.165) is 19.3 Å². The number of aliphatic hydroxyl groups excluding tert-OH is 1. The van der Waals surface area contributed by atoms with Crippen molar-refractivity contribution in [3.8, 4) is 0 Å². The van der Waals surface area contributed by atoms with Gasteiger partial charge in [-0.3, -0.25) is 14.9 Å². The SMILES string of the molecule is O=C(CCCCC1CCSS1)OCc1cccc(/C=C/CO)c1[N+](=O)[O-].